The van der Waals surface area contributed by atoms with Crippen LogP contribution in [0.4, 0.5) is 0 Å². The number of aromatic nitrogens is 3. The van der Waals surface area contributed by atoms with E-state index in [-0.39, 0.29) is 29.9 Å². The van der Waals surface area contributed by atoms with E-state index in [9.17, 15) is 19.5 Å². The number of hydrogen-bond donors (Lipinski definition) is 2. The Bertz CT molecular complexity index is 1180. The molecule has 0 aliphatic heterocycles. The maximum atomic E-state index is 13.1. The summed E-state index contributed by atoms with van der Waals surface area (Å²) in [5.41, 5.74) is 0.230. The summed E-state index contributed by atoms with van der Waals surface area (Å²) in [6.45, 7) is 6.22. The van der Waals surface area contributed by atoms with Crippen molar-refractivity contribution in [2.24, 2.45) is 5.92 Å². The Hall–Kier alpha value is -3.61. The zero-order chi connectivity index (χ0) is 23.6. The van der Waals surface area contributed by atoms with Crippen LogP contribution in [0, 0.1) is 24.2 Å². The Morgan fingerprint density at radius 1 is 1.41 bits per heavy atom. The van der Waals surface area contributed by atoms with Crippen molar-refractivity contribution in [3.05, 3.63) is 33.3 Å². The highest BCUT2D eigenvalue weighted by atomic mass is 16.3. The lowest BCUT2D eigenvalue weighted by molar-refractivity contribution is -0.124. The van der Waals surface area contributed by atoms with E-state index in [1.54, 1.807) is 20.0 Å². The molecule has 1 saturated carbocycles. The second-order valence-electron chi connectivity index (χ2n) is 8.49. The van der Waals surface area contributed by atoms with Crippen LogP contribution in [-0.2, 0) is 11.3 Å². The summed E-state index contributed by atoms with van der Waals surface area (Å²) in [5, 5.41) is 26.7. The van der Waals surface area contributed by atoms with Gasteiger partial charge in [0.2, 0.25) is 11.8 Å². The Balaban J connectivity index is 2.13. The number of amides is 2. The fourth-order valence-electron chi connectivity index (χ4n) is 3.39. The van der Waals surface area contributed by atoms with Gasteiger partial charge in [0, 0.05) is 37.8 Å². The third-order valence-electron chi connectivity index (χ3n) is 5.24. The van der Waals surface area contributed by atoms with Gasteiger partial charge in [0.15, 0.2) is 5.56 Å². The summed E-state index contributed by atoms with van der Waals surface area (Å²) in [6, 6.07) is 2.02. The Morgan fingerprint density at radius 2 is 2.09 bits per heavy atom. The van der Waals surface area contributed by atoms with Crippen molar-refractivity contribution in [3.8, 4) is 11.9 Å². The molecule has 0 unspecified atom stereocenters. The van der Waals surface area contributed by atoms with Gasteiger partial charge in [-0.1, -0.05) is 13.8 Å². The molecule has 0 radical (unpaired) electrons. The zero-order valence-corrected chi connectivity index (χ0v) is 18.8. The van der Waals surface area contributed by atoms with E-state index < -0.39 is 17.3 Å². The van der Waals surface area contributed by atoms with Gasteiger partial charge < -0.3 is 15.3 Å². The summed E-state index contributed by atoms with van der Waals surface area (Å²) in [5.74, 6) is -1.24. The highest BCUT2D eigenvalue weighted by molar-refractivity contribution is 5.97. The minimum atomic E-state index is -0.712. The first-order chi connectivity index (χ1) is 15.1. The van der Waals surface area contributed by atoms with E-state index >= 15 is 0 Å². The van der Waals surface area contributed by atoms with Gasteiger partial charge in [0.25, 0.3) is 11.5 Å². The zero-order valence-electron chi connectivity index (χ0n) is 18.8. The summed E-state index contributed by atoms with van der Waals surface area (Å²) >= 11 is 0. The molecule has 0 atom stereocenters. The van der Waals surface area contributed by atoms with Crippen molar-refractivity contribution < 1.29 is 14.7 Å². The summed E-state index contributed by atoms with van der Waals surface area (Å²) in [7, 11) is 1.60. The largest absolute Gasteiger partial charge is 0.494 e. The number of aromatic hydroxyl groups is 1. The Labute approximate surface area is 185 Å². The number of likely N-dealkylation sites (N-methyl/N-ethyl adjacent to an activating group) is 1. The molecule has 10 nitrogen and oxygen atoms in total. The molecule has 2 aromatic rings. The lowest BCUT2D eigenvalue weighted by Gasteiger charge is -2.17. The summed E-state index contributed by atoms with van der Waals surface area (Å²) in [6.07, 6.45) is 4.81. The molecule has 1 aliphatic carbocycles. The Kier molecular flexibility index (Phi) is 6.67. The molecule has 2 aromatic heterocycles. The van der Waals surface area contributed by atoms with Crippen molar-refractivity contribution in [1.29, 1.82) is 5.26 Å². The predicted molar refractivity (Wildman–Crippen MR) is 118 cm³/mol. The van der Waals surface area contributed by atoms with E-state index in [4.69, 9.17) is 5.26 Å². The van der Waals surface area contributed by atoms with E-state index in [2.05, 4.69) is 10.4 Å². The first-order valence-corrected chi connectivity index (χ1v) is 10.6. The van der Waals surface area contributed by atoms with Gasteiger partial charge in [-0.2, -0.15) is 14.9 Å². The molecule has 2 N–H and O–H groups in total. The number of nitrogens with one attached hydrogen (secondary N) is 1. The topological polar surface area (TPSA) is 133 Å². The number of fused-ring (bicyclic) bond motifs is 1. The van der Waals surface area contributed by atoms with Gasteiger partial charge in [0.1, 0.15) is 5.65 Å². The highest BCUT2D eigenvalue weighted by Gasteiger charge is 2.30. The number of rotatable bonds is 8. The molecule has 170 valence electrons. The van der Waals surface area contributed by atoms with Gasteiger partial charge in [-0.25, -0.2) is 0 Å². The standard InChI is InChI=1S/C22H28N6O4/c1-13(2)12-27-20-16(8-9-17(29)26(4)11-5-10-23)14(3)25-28(20)22(32)18(21(27)31)19(30)24-15-6-7-15/h8-9,13,15,31H,5-7,11-12H2,1-4H3,(H,24,30). The van der Waals surface area contributed by atoms with Gasteiger partial charge >= 0.3 is 0 Å². The number of aryl methyl sites for hydroxylation is 1. The predicted octanol–water partition coefficient (Wildman–Crippen LogP) is 1.44. The van der Waals surface area contributed by atoms with E-state index in [0.29, 0.717) is 30.0 Å². The van der Waals surface area contributed by atoms with Crippen LogP contribution in [0.25, 0.3) is 11.7 Å². The fraction of sp³-hybridized carbons (Fsp3) is 0.500. The van der Waals surface area contributed by atoms with Crippen LogP contribution in [-0.4, -0.2) is 55.6 Å². The number of nitriles is 1. The molecule has 3 rings (SSSR count). The van der Waals surface area contributed by atoms with Crippen LogP contribution >= 0.6 is 0 Å². The monoisotopic (exact) mass is 440 g/mol. The smallest absolute Gasteiger partial charge is 0.291 e. The number of carbonyl (C=O) groups excluding carboxylic acids is 2. The normalized spacial score (nSPS) is 13.6. The van der Waals surface area contributed by atoms with E-state index in [0.717, 1.165) is 17.4 Å². The van der Waals surface area contributed by atoms with Crippen molar-refractivity contribution in [2.45, 2.75) is 52.6 Å². The van der Waals surface area contributed by atoms with Crippen LogP contribution in [0.2, 0.25) is 0 Å². The molecule has 2 heterocycles. The van der Waals surface area contributed by atoms with Gasteiger partial charge in [-0.15, -0.1) is 0 Å². The van der Waals surface area contributed by atoms with Crippen LogP contribution < -0.4 is 10.9 Å². The summed E-state index contributed by atoms with van der Waals surface area (Å²) < 4.78 is 2.61. The molecule has 0 aromatic carbocycles. The molecule has 1 aliphatic rings. The van der Waals surface area contributed by atoms with Crippen LogP contribution in [0.3, 0.4) is 0 Å². The first kappa shape index (κ1) is 23.1. The minimum Gasteiger partial charge on any atom is -0.494 e. The van der Waals surface area contributed by atoms with Crippen LogP contribution in [0.15, 0.2) is 10.9 Å². The fourth-order valence-corrected chi connectivity index (χ4v) is 3.39. The molecule has 32 heavy (non-hydrogen) atoms. The van der Waals surface area contributed by atoms with Crippen molar-refractivity contribution in [2.75, 3.05) is 13.6 Å². The van der Waals surface area contributed by atoms with Crippen molar-refractivity contribution in [3.63, 3.8) is 0 Å². The number of carbonyl (C=O) groups is 2. The third-order valence-corrected chi connectivity index (χ3v) is 5.24. The maximum Gasteiger partial charge on any atom is 0.291 e. The SMILES string of the molecule is Cc1nn2c(=O)c(C(=O)NC3CC3)c(O)n(CC(C)C)c2c1C=CC(=O)N(C)CCC#N. The highest BCUT2D eigenvalue weighted by Crippen LogP contribution is 2.26. The molecule has 0 bridgehead atoms. The number of hydrogen-bond acceptors (Lipinski definition) is 6. The van der Waals surface area contributed by atoms with Gasteiger partial charge in [0.05, 0.1) is 18.2 Å². The molecule has 2 amide bonds. The average molecular weight is 441 g/mol. The second-order valence-corrected chi connectivity index (χ2v) is 8.49. The Morgan fingerprint density at radius 3 is 2.69 bits per heavy atom. The summed E-state index contributed by atoms with van der Waals surface area (Å²) in [4.78, 5) is 39.6. The van der Waals surface area contributed by atoms with Crippen LogP contribution in [0.5, 0.6) is 5.88 Å². The van der Waals surface area contributed by atoms with E-state index in [1.807, 2.05) is 19.9 Å². The molecular weight excluding hydrogens is 412 g/mol. The number of nitrogens with zero attached hydrogens (tertiary/aromatic N) is 5. The van der Waals surface area contributed by atoms with Gasteiger partial charge in [-0.05, 0) is 31.8 Å². The molecule has 0 saturated heterocycles. The second kappa shape index (κ2) is 9.26. The van der Waals surface area contributed by atoms with Crippen molar-refractivity contribution in [1.82, 2.24) is 24.4 Å². The van der Waals surface area contributed by atoms with Gasteiger partial charge in [-0.3, -0.25) is 19.0 Å². The first-order valence-electron chi connectivity index (χ1n) is 10.6. The quantitative estimate of drug-likeness (QED) is 0.597. The maximum absolute atomic E-state index is 13.1. The third kappa shape index (κ3) is 4.66. The van der Waals surface area contributed by atoms with Crippen LogP contribution in [0.1, 0.15) is 54.7 Å². The van der Waals surface area contributed by atoms with E-state index in [1.165, 1.54) is 15.5 Å². The van der Waals surface area contributed by atoms with Crippen molar-refractivity contribution >= 4 is 23.5 Å². The molecule has 1 fully saturated rings. The minimum absolute atomic E-state index is 0.0254. The molecule has 0 spiro atoms. The molecular formula is C22H28N6O4. The lowest BCUT2D eigenvalue weighted by atomic mass is 10.1. The lowest BCUT2D eigenvalue weighted by Crippen LogP contribution is -2.34. The average Bonchev–Trinajstić information content (AvgIpc) is 3.48. The molecule has 10 heteroatoms.